The van der Waals surface area contributed by atoms with Gasteiger partial charge in [-0.3, -0.25) is 9.69 Å². The molecular weight excluding hydrogens is 408 g/mol. The van der Waals surface area contributed by atoms with Gasteiger partial charge in [-0.1, -0.05) is 34.1 Å². The first kappa shape index (κ1) is 19.6. The second-order valence-corrected chi connectivity index (χ2v) is 7.17. The van der Waals surface area contributed by atoms with E-state index in [2.05, 4.69) is 26.1 Å². The number of carbonyl (C=O) groups is 1. The number of morpholine rings is 1. The summed E-state index contributed by atoms with van der Waals surface area (Å²) in [7, 11) is 1.61. The van der Waals surface area contributed by atoms with E-state index in [4.69, 9.17) is 9.47 Å². The zero-order valence-electron chi connectivity index (χ0n) is 15.3. The topological polar surface area (TPSA) is 50.8 Å². The number of benzene rings is 2. The summed E-state index contributed by atoms with van der Waals surface area (Å²) >= 11 is 3.44. The lowest BCUT2D eigenvalue weighted by Crippen LogP contribution is -2.35. The maximum atomic E-state index is 12.4. The fraction of sp³-hybridized carbons (Fsp3) is 0.286. The van der Waals surface area contributed by atoms with Gasteiger partial charge in [0, 0.05) is 41.4 Å². The molecule has 2 aromatic rings. The standard InChI is InChI=1S/C21H23BrN2O3/c1-26-20-8-7-18(22)14-16(20)6-9-21(25)23-19-5-3-2-4-17(19)15-24-10-12-27-13-11-24/h2-9,14H,10-13,15H2,1H3,(H,23,25). The number of rotatable bonds is 6. The Morgan fingerprint density at radius 3 is 2.81 bits per heavy atom. The van der Waals surface area contributed by atoms with Crippen LogP contribution in [0, 0.1) is 0 Å². The largest absolute Gasteiger partial charge is 0.496 e. The molecule has 5 nitrogen and oxygen atoms in total. The van der Waals surface area contributed by atoms with E-state index in [9.17, 15) is 4.79 Å². The number of ether oxygens (including phenoxy) is 2. The van der Waals surface area contributed by atoms with Crippen molar-refractivity contribution in [1.29, 1.82) is 0 Å². The van der Waals surface area contributed by atoms with Crippen LogP contribution in [-0.4, -0.2) is 44.2 Å². The van der Waals surface area contributed by atoms with Crippen LogP contribution < -0.4 is 10.1 Å². The summed E-state index contributed by atoms with van der Waals surface area (Å²) in [5.74, 6) is 0.543. The van der Waals surface area contributed by atoms with Gasteiger partial charge in [-0.15, -0.1) is 0 Å². The second kappa shape index (κ2) is 9.69. The summed E-state index contributed by atoms with van der Waals surface area (Å²) in [5, 5.41) is 2.99. The van der Waals surface area contributed by atoms with Crippen molar-refractivity contribution in [2.75, 3.05) is 38.7 Å². The quantitative estimate of drug-likeness (QED) is 0.705. The van der Waals surface area contributed by atoms with Crippen LogP contribution in [-0.2, 0) is 16.1 Å². The van der Waals surface area contributed by atoms with Crippen LogP contribution in [0.2, 0.25) is 0 Å². The van der Waals surface area contributed by atoms with E-state index in [0.29, 0.717) is 0 Å². The average molecular weight is 431 g/mol. The van der Waals surface area contributed by atoms with E-state index in [-0.39, 0.29) is 5.91 Å². The molecule has 3 rings (SSSR count). The van der Waals surface area contributed by atoms with Gasteiger partial charge in [0.25, 0.3) is 0 Å². The van der Waals surface area contributed by atoms with Crippen LogP contribution in [0.3, 0.4) is 0 Å². The Morgan fingerprint density at radius 2 is 2.04 bits per heavy atom. The SMILES string of the molecule is COc1ccc(Br)cc1C=CC(=O)Nc1ccccc1CN1CCOCC1. The van der Waals surface area contributed by atoms with Crippen LogP contribution in [0.1, 0.15) is 11.1 Å². The maximum absolute atomic E-state index is 12.4. The first-order valence-electron chi connectivity index (χ1n) is 8.86. The minimum absolute atomic E-state index is 0.175. The summed E-state index contributed by atoms with van der Waals surface area (Å²) < 4.78 is 11.7. The minimum atomic E-state index is -0.175. The molecule has 0 saturated carbocycles. The molecule has 1 saturated heterocycles. The number of amides is 1. The van der Waals surface area contributed by atoms with Crippen molar-refractivity contribution < 1.29 is 14.3 Å². The molecule has 1 N–H and O–H groups in total. The van der Waals surface area contributed by atoms with Gasteiger partial charge in [0.15, 0.2) is 0 Å². The van der Waals surface area contributed by atoms with Crippen LogP contribution >= 0.6 is 15.9 Å². The molecule has 6 heteroatoms. The Morgan fingerprint density at radius 1 is 1.26 bits per heavy atom. The molecule has 27 heavy (non-hydrogen) atoms. The van der Waals surface area contributed by atoms with Crippen LogP contribution in [0.15, 0.2) is 53.0 Å². The fourth-order valence-electron chi connectivity index (χ4n) is 2.96. The van der Waals surface area contributed by atoms with Gasteiger partial charge in [-0.2, -0.15) is 0 Å². The van der Waals surface area contributed by atoms with E-state index in [1.165, 1.54) is 6.08 Å². The highest BCUT2D eigenvalue weighted by Crippen LogP contribution is 2.24. The third-order valence-corrected chi connectivity index (χ3v) is 4.87. The van der Waals surface area contributed by atoms with Crippen molar-refractivity contribution >= 4 is 33.6 Å². The van der Waals surface area contributed by atoms with Gasteiger partial charge in [0.05, 0.1) is 20.3 Å². The highest BCUT2D eigenvalue weighted by Gasteiger charge is 2.13. The lowest BCUT2D eigenvalue weighted by molar-refractivity contribution is -0.111. The molecule has 1 heterocycles. The molecule has 1 fully saturated rings. The van der Waals surface area contributed by atoms with Crippen LogP contribution in [0.5, 0.6) is 5.75 Å². The summed E-state index contributed by atoms with van der Waals surface area (Å²) in [6, 6.07) is 13.6. The Hall–Kier alpha value is -2.15. The molecule has 0 atom stereocenters. The van der Waals surface area contributed by atoms with Gasteiger partial charge < -0.3 is 14.8 Å². The fourth-order valence-corrected chi connectivity index (χ4v) is 3.33. The molecule has 2 aromatic carbocycles. The van der Waals surface area contributed by atoms with Crippen molar-refractivity contribution in [3.8, 4) is 5.75 Å². The number of hydrogen-bond donors (Lipinski definition) is 1. The zero-order chi connectivity index (χ0) is 19.1. The highest BCUT2D eigenvalue weighted by atomic mass is 79.9. The monoisotopic (exact) mass is 430 g/mol. The van der Waals surface area contributed by atoms with Crippen LogP contribution in [0.4, 0.5) is 5.69 Å². The molecule has 0 aliphatic carbocycles. The van der Waals surface area contributed by atoms with Crippen molar-refractivity contribution in [1.82, 2.24) is 4.90 Å². The van der Waals surface area contributed by atoms with Gasteiger partial charge in [0.2, 0.25) is 5.91 Å². The van der Waals surface area contributed by atoms with Gasteiger partial charge >= 0.3 is 0 Å². The predicted octanol–water partition coefficient (Wildman–Crippen LogP) is 3.94. The second-order valence-electron chi connectivity index (χ2n) is 6.25. The Kier molecular flexibility index (Phi) is 7.04. The number of carbonyl (C=O) groups excluding carboxylic acids is 1. The Balaban J connectivity index is 1.68. The molecule has 142 valence electrons. The Labute approximate surface area is 168 Å². The molecule has 0 radical (unpaired) electrons. The summed E-state index contributed by atoms with van der Waals surface area (Å²) in [6.07, 6.45) is 3.28. The highest BCUT2D eigenvalue weighted by molar-refractivity contribution is 9.10. The molecule has 0 spiro atoms. The number of halogens is 1. The molecule has 0 aromatic heterocycles. The van der Waals surface area contributed by atoms with Gasteiger partial charge in [0.1, 0.15) is 5.75 Å². The third-order valence-electron chi connectivity index (χ3n) is 4.38. The summed E-state index contributed by atoms with van der Waals surface area (Å²) in [4.78, 5) is 14.8. The number of methoxy groups -OCH3 is 1. The predicted molar refractivity (Wildman–Crippen MR) is 111 cm³/mol. The first-order valence-corrected chi connectivity index (χ1v) is 9.65. The molecular formula is C21H23BrN2O3. The lowest BCUT2D eigenvalue weighted by Gasteiger charge is -2.27. The van der Waals surface area contributed by atoms with Gasteiger partial charge in [-0.25, -0.2) is 0 Å². The minimum Gasteiger partial charge on any atom is -0.496 e. The van der Waals surface area contributed by atoms with E-state index in [1.807, 2.05) is 42.5 Å². The maximum Gasteiger partial charge on any atom is 0.248 e. The van der Waals surface area contributed by atoms with Gasteiger partial charge in [-0.05, 0) is 35.9 Å². The van der Waals surface area contributed by atoms with Crippen molar-refractivity contribution in [3.05, 3.63) is 64.1 Å². The van der Waals surface area contributed by atoms with Crippen molar-refractivity contribution in [2.24, 2.45) is 0 Å². The smallest absolute Gasteiger partial charge is 0.248 e. The normalized spacial score (nSPS) is 15.0. The van der Waals surface area contributed by atoms with Crippen LogP contribution in [0.25, 0.3) is 6.08 Å². The number of para-hydroxylation sites is 1. The molecule has 0 bridgehead atoms. The zero-order valence-corrected chi connectivity index (χ0v) is 16.9. The lowest BCUT2D eigenvalue weighted by atomic mass is 10.1. The summed E-state index contributed by atoms with van der Waals surface area (Å²) in [6.45, 7) is 4.12. The average Bonchev–Trinajstić information content (AvgIpc) is 2.69. The van der Waals surface area contributed by atoms with E-state index in [0.717, 1.165) is 59.9 Å². The van der Waals surface area contributed by atoms with Crippen molar-refractivity contribution in [3.63, 3.8) is 0 Å². The number of hydrogen-bond acceptors (Lipinski definition) is 4. The Bertz CT molecular complexity index is 817. The molecule has 0 unspecified atom stereocenters. The number of anilines is 1. The number of nitrogens with one attached hydrogen (secondary N) is 1. The van der Waals surface area contributed by atoms with E-state index < -0.39 is 0 Å². The molecule has 1 aliphatic rings. The first-order chi connectivity index (χ1) is 13.2. The van der Waals surface area contributed by atoms with E-state index in [1.54, 1.807) is 13.2 Å². The summed E-state index contributed by atoms with van der Waals surface area (Å²) in [5.41, 5.74) is 2.77. The van der Waals surface area contributed by atoms with Crippen molar-refractivity contribution in [2.45, 2.75) is 6.54 Å². The van der Waals surface area contributed by atoms with E-state index >= 15 is 0 Å². The molecule has 1 aliphatic heterocycles. The third kappa shape index (κ3) is 5.66. The number of nitrogens with zero attached hydrogens (tertiary/aromatic N) is 1. The molecule has 1 amide bonds.